The van der Waals surface area contributed by atoms with Crippen LogP contribution in [0.4, 0.5) is 32.0 Å². The van der Waals surface area contributed by atoms with E-state index in [4.69, 9.17) is 0 Å². The first-order chi connectivity index (χ1) is 12.0. The van der Waals surface area contributed by atoms with Crippen LogP contribution in [0.1, 0.15) is 36.0 Å². The first-order valence-electron chi connectivity index (χ1n) is 7.61. The highest BCUT2D eigenvalue weighted by molar-refractivity contribution is 5.91. The van der Waals surface area contributed by atoms with Crippen LogP contribution in [0.2, 0.25) is 0 Å². The van der Waals surface area contributed by atoms with Crippen molar-refractivity contribution in [1.82, 2.24) is 0 Å². The minimum atomic E-state index is -4.96. The Bertz CT molecular complexity index is 735. The predicted octanol–water partition coefficient (Wildman–Crippen LogP) is 5.86. The molecule has 26 heavy (non-hydrogen) atoms. The second-order valence-corrected chi connectivity index (χ2v) is 5.86. The molecule has 2 rings (SSSR count). The van der Waals surface area contributed by atoms with Gasteiger partial charge in [-0.15, -0.1) is 0 Å². The van der Waals surface area contributed by atoms with Crippen molar-refractivity contribution in [2.75, 3.05) is 5.32 Å². The van der Waals surface area contributed by atoms with Crippen LogP contribution in [0.5, 0.6) is 0 Å². The summed E-state index contributed by atoms with van der Waals surface area (Å²) < 4.78 is 76.9. The number of anilines is 1. The van der Waals surface area contributed by atoms with E-state index in [0.717, 1.165) is 5.56 Å². The van der Waals surface area contributed by atoms with E-state index in [1.54, 1.807) is 37.3 Å². The Morgan fingerprint density at radius 2 is 1.42 bits per heavy atom. The summed E-state index contributed by atoms with van der Waals surface area (Å²) in [5.74, 6) is -0.919. The fourth-order valence-corrected chi connectivity index (χ4v) is 2.42. The van der Waals surface area contributed by atoms with Crippen molar-refractivity contribution in [2.24, 2.45) is 0 Å². The van der Waals surface area contributed by atoms with Crippen molar-refractivity contribution in [1.29, 1.82) is 0 Å². The van der Waals surface area contributed by atoms with Crippen LogP contribution in [-0.2, 0) is 17.1 Å². The van der Waals surface area contributed by atoms with Gasteiger partial charge in [0.15, 0.2) is 0 Å². The molecular formula is C18H15F6NO. The van der Waals surface area contributed by atoms with Gasteiger partial charge in [0.05, 0.1) is 11.1 Å². The standard InChI is InChI=1S/C18H15F6NO/c1-11(12-5-3-2-4-6-12)7-16(26)25-15-9-13(17(19,20)21)8-14(10-15)18(22,23)24/h2-6,8-11H,7H2,1H3,(H,25,26)/t11-/m0/s1. The second-order valence-electron chi connectivity index (χ2n) is 5.86. The van der Waals surface area contributed by atoms with E-state index in [0.29, 0.717) is 12.1 Å². The first kappa shape index (κ1) is 19.8. The number of halogens is 6. The molecule has 8 heteroatoms. The molecular weight excluding hydrogens is 360 g/mol. The number of carbonyl (C=O) groups excluding carboxylic acids is 1. The van der Waals surface area contributed by atoms with Crippen molar-refractivity contribution >= 4 is 11.6 Å². The number of hydrogen-bond donors (Lipinski definition) is 1. The third kappa shape index (κ3) is 5.24. The maximum absolute atomic E-state index is 12.8. The Kier molecular flexibility index (Phi) is 5.63. The minimum absolute atomic E-state index is 0.0161. The van der Waals surface area contributed by atoms with E-state index in [1.807, 2.05) is 0 Å². The summed E-state index contributed by atoms with van der Waals surface area (Å²) in [6, 6.07) is 9.88. The lowest BCUT2D eigenvalue weighted by Gasteiger charge is -2.16. The Hall–Kier alpha value is -2.51. The van der Waals surface area contributed by atoms with Crippen molar-refractivity contribution in [3.63, 3.8) is 0 Å². The van der Waals surface area contributed by atoms with Crippen molar-refractivity contribution in [2.45, 2.75) is 31.6 Å². The molecule has 0 aliphatic rings. The second kappa shape index (κ2) is 7.39. The number of benzene rings is 2. The van der Waals surface area contributed by atoms with Gasteiger partial charge in [-0.1, -0.05) is 37.3 Å². The fourth-order valence-electron chi connectivity index (χ4n) is 2.42. The summed E-state index contributed by atoms with van der Waals surface area (Å²) in [6.45, 7) is 1.74. The van der Waals surface area contributed by atoms with Crippen LogP contribution in [-0.4, -0.2) is 5.91 Å². The Morgan fingerprint density at radius 3 is 1.88 bits per heavy atom. The maximum Gasteiger partial charge on any atom is 0.416 e. The summed E-state index contributed by atoms with van der Waals surface area (Å²) in [4.78, 5) is 12.0. The molecule has 0 fully saturated rings. The van der Waals surface area contributed by atoms with E-state index in [2.05, 4.69) is 5.32 Å². The molecule has 0 aliphatic carbocycles. The molecule has 0 spiro atoms. The molecule has 0 aliphatic heterocycles. The smallest absolute Gasteiger partial charge is 0.326 e. The third-order valence-electron chi connectivity index (χ3n) is 3.73. The van der Waals surface area contributed by atoms with E-state index >= 15 is 0 Å². The molecule has 1 amide bonds. The Labute approximate surface area is 145 Å². The molecule has 0 bridgehead atoms. The maximum atomic E-state index is 12.8. The van der Waals surface area contributed by atoms with Crippen LogP contribution in [0.3, 0.4) is 0 Å². The summed E-state index contributed by atoms with van der Waals surface area (Å²) >= 11 is 0. The van der Waals surface area contributed by atoms with E-state index in [9.17, 15) is 31.1 Å². The topological polar surface area (TPSA) is 29.1 Å². The van der Waals surface area contributed by atoms with Gasteiger partial charge < -0.3 is 5.32 Å². The van der Waals surface area contributed by atoms with Crippen LogP contribution in [0, 0.1) is 0 Å². The van der Waals surface area contributed by atoms with Gasteiger partial charge in [0, 0.05) is 12.1 Å². The zero-order chi connectivity index (χ0) is 19.5. The molecule has 0 saturated carbocycles. The van der Waals surface area contributed by atoms with Crippen LogP contribution >= 0.6 is 0 Å². The number of amides is 1. The van der Waals surface area contributed by atoms with Gasteiger partial charge in [0.2, 0.25) is 5.91 Å². The molecule has 2 nitrogen and oxygen atoms in total. The summed E-state index contributed by atoms with van der Waals surface area (Å²) in [5.41, 5.74) is -2.66. The summed E-state index contributed by atoms with van der Waals surface area (Å²) in [5, 5.41) is 2.13. The van der Waals surface area contributed by atoms with Gasteiger partial charge >= 0.3 is 12.4 Å². The molecule has 2 aromatic carbocycles. The van der Waals surface area contributed by atoms with Gasteiger partial charge in [0.25, 0.3) is 0 Å². The average molecular weight is 375 g/mol. The number of rotatable bonds is 4. The van der Waals surface area contributed by atoms with Gasteiger partial charge in [-0.2, -0.15) is 26.3 Å². The molecule has 0 radical (unpaired) electrons. The van der Waals surface area contributed by atoms with E-state index < -0.39 is 35.1 Å². The molecule has 0 aromatic heterocycles. The number of hydrogen-bond acceptors (Lipinski definition) is 1. The highest BCUT2D eigenvalue weighted by Gasteiger charge is 2.37. The molecule has 0 heterocycles. The van der Waals surface area contributed by atoms with Crippen molar-refractivity contribution in [3.8, 4) is 0 Å². The number of carbonyl (C=O) groups is 1. The zero-order valence-electron chi connectivity index (χ0n) is 13.6. The summed E-state index contributed by atoms with van der Waals surface area (Å²) in [6.07, 6.45) is -10.0. The fraction of sp³-hybridized carbons (Fsp3) is 0.278. The van der Waals surface area contributed by atoms with Crippen molar-refractivity contribution in [3.05, 3.63) is 65.2 Å². The minimum Gasteiger partial charge on any atom is -0.326 e. The van der Waals surface area contributed by atoms with E-state index in [-0.39, 0.29) is 18.4 Å². The van der Waals surface area contributed by atoms with Crippen LogP contribution in [0.25, 0.3) is 0 Å². The molecule has 2 aromatic rings. The Morgan fingerprint density at radius 1 is 0.923 bits per heavy atom. The van der Waals surface area contributed by atoms with E-state index in [1.165, 1.54) is 0 Å². The molecule has 1 atom stereocenters. The number of nitrogens with one attached hydrogen (secondary N) is 1. The predicted molar refractivity (Wildman–Crippen MR) is 84.5 cm³/mol. The zero-order valence-corrected chi connectivity index (χ0v) is 13.6. The highest BCUT2D eigenvalue weighted by atomic mass is 19.4. The SMILES string of the molecule is C[C@@H](CC(=O)Nc1cc(C(F)(F)F)cc(C(F)(F)F)c1)c1ccccc1. The van der Waals surface area contributed by atoms with Crippen molar-refractivity contribution < 1.29 is 31.1 Å². The highest BCUT2D eigenvalue weighted by Crippen LogP contribution is 2.37. The first-order valence-corrected chi connectivity index (χ1v) is 7.61. The lowest BCUT2D eigenvalue weighted by molar-refractivity contribution is -0.143. The lowest BCUT2D eigenvalue weighted by atomic mass is 9.97. The molecule has 0 unspecified atom stereocenters. The monoisotopic (exact) mass is 375 g/mol. The largest absolute Gasteiger partial charge is 0.416 e. The average Bonchev–Trinajstić information content (AvgIpc) is 2.53. The molecule has 0 saturated heterocycles. The normalized spacial score (nSPS) is 13.3. The molecule has 1 N–H and O–H groups in total. The third-order valence-corrected chi connectivity index (χ3v) is 3.73. The van der Waals surface area contributed by atoms with Gasteiger partial charge in [0.1, 0.15) is 0 Å². The van der Waals surface area contributed by atoms with Crippen LogP contribution < -0.4 is 5.32 Å². The van der Waals surface area contributed by atoms with Gasteiger partial charge in [-0.25, -0.2) is 0 Å². The van der Waals surface area contributed by atoms with Gasteiger partial charge in [-0.05, 0) is 29.7 Å². The number of alkyl halides is 6. The molecule has 140 valence electrons. The lowest BCUT2D eigenvalue weighted by Crippen LogP contribution is -2.17. The Balaban J connectivity index is 2.21. The summed E-state index contributed by atoms with van der Waals surface area (Å²) in [7, 11) is 0. The van der Waals surface area contributed by atoms with Gasteiger partial charge in [-0.3, -0.25) is 4.79 Å². The van der Waals surface area contributed by atoms with Crippen LogP contribution in [0.15, 0.2) is 48.5 Å². The quantitative estimate of drug-likeness (QED) is 0.667.